The van der Waals surface area contributed by atoms with Crippen molar-refractivity contribution in [3.8, 4) is 0 Å². The third-order valence-corrected chi connectivity index (χ3v) is 4.96. The fraction of sp³-hybridized carbons (Fsp3) is 0.778. The molecule has 3 rings (SSSR count). The molecule has 2 aliphatic heterocycles. The van der Waals surface area contributed by atoms with E-state index in [1.54, 1.807) is 0 Å². The molecule has 1 aromatic heterocycles. The number of hydrogen-bond donors (Lipinski definition) is 1. The maximum Gasteiger partial charge on any atom is 0.193 e. The first-order valence-electron chi connectivity index (χ1n) is 9.62. The maximum absolute atomic E-state index is 5.92. The number of guanidine groups is 1. The fourth-order valence-electron chi connectivity index (χ4n) is 3.47. The van der Waals surface area contributed by atoms with Gasteiger partial charge in [-0.1, -0.05) is 0 Å². The Morgan fingerprint density at radius 2 is 2.07 bits per heavy atom. The highest BCUT2D eigenvalue weighted by Crippen LogP contribution is 2.21. The molecule has 3 heterocycles. The van der Waals surface area contributed by atoms with Crippen LogP contribution in [0.5, 0.6) is 0 Å². The van der Waals surface area contributed by atoms with Gasteiger partial charge in [-0.05, 0) is 19.4 Å². The number of aliphatic imine (C=N–C) groups is 1. The summed E-state index contributed by atoms with van der Waals surface area (Å²) in [5.74, 6) is 0.966. The van der Waals surface area contributed by atoms with Crippen molar-refractivity contribution in [2.75, 3.05) is 66.1 Å². The Labute approximate surface area is 179 Å². The van der Waals surface area contributed by atoms with Crippen LogP contribution in [0.25, 0.3) is 0 Å². The van der Waals surface area contributed by atoms with E-state index in [4.69, 9.17) is 9.47 Å². The van der Waals surface area contributed by atoms with Gasteiger partial charge in [0.2, 0.25) is 0 Å². The van der Waals surface area contributed by atoms with Gasteiger partial charge >= 0.3 is 0 Å². The highest BCUT2D eigenvalue weighted by molar-refractivity contribution is 14.0. The van der Waals surface area contributed by atoms with Gasteiger partial charge in [0.15, 0.2) is 5.96 Å². The predicted octanol–water partition coefficient (Wildman–Crippen LogP) is 1.10. The molecule has 0 radical (unpaired) electrons. The number of aryl methyl sites for hydroxylation is 1. The van der Waals surface area contributed by atoms with E-state index in [1.165, 1.54) is 6.42 Å². The summed E-state index contributed by atoms with van der Waals surface area (Å²) in [6.07, 6.45) is 6.31. The average Bonchev–Trinajstić information content (AvgIpc) is 3.12. The van der Waals surface area contributed by atoms with Crippen molar-refractivity contribution < 1.29 is 9.47 Å². The van der Waals surface area contributed by atoms with Crippen LogP contribution in [0.2, 0.25) is 0 Å². The normalized spacial score (nSPS) is 21.8. The van der Waals surface area contributed by atoms with Crippen LogP contribution in [0.3, 0.4) is 0 Å². The first-order valence-corrected chi connectivity index (χ1v) is 9.62. The molecular weight excluding hydrogens is 459 g/mol. The van der Waals surface area contributed by atoms with Gasteiger partial charge < -0.3 is 19.7 Å². The summed E-state index contributed by atoms with van der Waals surface area (Å²) in [5.41, 5.74) is 1.12. The summed E-state index contributed by atoms with van der Waals surface area (Å²) in [7, 11) is 3.78. The Hall–Kier alpha value is -0.910. The second kappa shape index (κ2) is 11.8. The number of aromatic nitrogens is 2. The molecule has 0 aliphatic carbocycles. The highest BCUT2D eigenvalue weighted by Gasteiger charge is 2.25. The van der Waals surface area contributed by atoms with Gasteiger partial charge in [-0.25, -0.2) is 0 Å². The first kappa shape index (κ1) is 22.4. The van der Waals surface area contributed by atoms with E-state index in [1.807, 2.05) is 31.2 Å². The van der Waals surface area contributed by atoms with Crippen LogP contribution in [0.1, 0.15) is 24.5 Å². The summed E-state index contributed by atoms with van der Waals surface area (Å²) < 4.78 is 13.1. The summed E-state index contributed by atoms with van der Waals surface area (Å²) in [4.78, 5) is 9.23. The summed E-state index contributed by atoms with van der Waals surface area (Å²) in [6, 6.07) is 0. The number of rotatable bonds is 6. The molecule has 1 unspecified atom stereocenters. The van der Waals surface area contributed by atoms with E-state index < -0.39 is 0 Å². The lowest BCUT2D eigenvalue weighted by atomic mass is 10.1. The van der Waals surface area contributed by atoms with E-state index in [0.717, 1.165) is 70.4 Å². The van der Waals surface area contributed by atoms with Gasteiger partial charge in [0, 0.05) is 52.0 Å². The van der Waals surface area contributed by atoms with Crippen molar-refractivity contribution >= 4 is 29.9 Å². The van der Waals surface area contributed by atoms with Gasteiger partial charge in [-0.2, -0.15) is 5.10 Å². The lowest BCUT2D eigenvalue weighted by molar-refractivity contribution is -0.00802. The predicted molar refractivity (Wildman–Crippen MR) is 117 cm³/mol. The number of morpholine rings is 2. The van der Waals surface area contributed by atoms with Crippen molar-refractivity contribution in [2.24, 2.45) is 12.0 Å². The van der Waals surface area contributed by atoms with Crippen molar-refractivity contribution in [3.63, 3.8) is 0 Å². The summed E-state index contributed by atoms with van der Waals surface area (Å²) in [5, 5.41) is 7.76. The SMILES string of the molecule is CN=C(NCCCCN1CCOCC1)N1CCOC(c2cnn(C)c2)C1.I. The number of nitrogens with one attached hydrogen (secondary N) is 1. The first-order chi connectivity index (χ1) is 12.8. The van der Waals surface area contributed by atoms with Gasteiger partial charge in [0.25, 0.3) is 0 Å². The van der Waals surface area contributed by atoms with Crippen molar-refractivity contribution in [2.45, 2.75) is 18.9 Å². The van der Waals surface area contributed by atoms with Gasteiger partial charge in [0.1, 0.15) is 6.10 Å². The number of nitrogens with zero attached hydrogens (tertiary/aromatic N) is 5. The van der Waals surface area contributed by atoms with Crippen LogP contribution in [-0.2, 0) is 16.5 Å². The topological polar surface area (TPSA) is 67.2 Å². The van der Waals surface area contributed by atoms with Crippen molar-refractivity contribution in [1.82, 2.24) is 24.9 Å². The van der Waals surface area contributed by atoms with E-state index in [-0.39, 0.29) is 30.1 Å². The van der Waals surface area contributed by atoms with Crippen LogP contribution in [0, 0.1) is 0 Å². The molecule has 9 heteroatoms. The quantitative estimate of drug-likeness (QED) is 0.278. The van der Waals surface area contributed by atoms with E-state index in [0.29, 0.717) is 6.61 Å². The zero-order valence-corrected chi connectivity index (χ0v) is 18.8. The molecule has 0 aromatic carbocycles. The largest absolute Gasteiger partial charge is 0.379 e. The second-order valence-corrected chi connectivity index (χ2v) is 6.89. The minimum atomic E-state index is 0. The number of halogens is 1. The molecular formula is C18H33IN6O2. The second-order valence-electron chi connectivity index (χ2n) is 6.89. The van der Waals surface area contributed by atoms with E-state index in [2.05, 4.69) is 25.2 Å². The molecule has 27 heavy (non-hydrogen) atoms. The minimum absolute atomic E-state index is 0. The molecule has 0 amide bonds. The zero-order chi connectivity index (χ0) is 18.2. The van der Waals surface area contributed by atoms with Crippen molar-refractivity contribution in [3.05, 3.63) is 18.0 Å². The average molecular weight is 492 g/mol. The Kier molecular flexibility index (Phi) is 9.80. The molecule has 2 aliphatic rings. The van der Waals surface area contributed by atoms with Gasteiger partial charge in [-0.3, -0.25) is 14.6 Å². The molecule has 2 fully saturated rings. The molecule has 1 atom stereocenters. The van der Waals surface area contributed by atoms with Crippen LogP contribution >= 0.6 is 24.0 Å². The number of unbranched alkanes of at least 4 members (excludes halogenated alkanes) is 1. The monoisotopic (exact) mass is 492 g/mol. The van der Waals surface area contributed by atoms with Crippen LogP contribution < -0.4 is 5.32 Å². The maximum atomic E-state index is 5.92. The minimum Gasteiger partial charge on any atom is -0.379 e. The molecule has 2 saturated heterocycles. The zero-order valence-electron chi connectivity index (χ0n) is 16.5. The highest BCUT2D eigenvalue weighted by atomic mass is 127. The van der Waals surface area contributed by atoms with Gasteiger partial charge in [0.05, 0.1) is 32.6 Å². The summed E-state index contributed by atoms with van der Waals surface area (Å²) in [6.45, 7) is 8.37. The Balaban J connectivity index is 0.00000261. The molecule has 154 valence electrons. The lowest BCUT2D eigenvalue weighted by Crippen LogP contribution is -2.48. The van der Waals surface area contributed by atoms with E-state index in [9.17, 15) is 0 Å². The molecule has 1 N–H and O–H groups in total. The molecule has 0 saturated carbocycles. The van der Waals surface area contributed by atoms with Crippen LogP contribution in [0.15, 0.2) is 17.4 Å². The lowest BCUT2D eigenvalue weighted by Gasteiger charge is -2.34. The summed E-state index contributed by atoms with van der Waals surface area (Å²) >= 11 is 0. The molecule has 1 aromatic rings. The van der Waals surface area contributed by atoms with Crippen LogP contribution in [0.4, 0.5) is 0 Å². The molecule has 8 nitrogen and oxygen atoms in total. The Morgan fingerprint density at radius 1 is 1.26 bits per heavy atom. The van der Waals surface area contributed by atoms with Gasteiger partial charge in [-0.15, -0.1) is 24.0 Å². The Morgan fingerprint density at radius 3 is 2.78 bits per heavy atom. The Bertz CT molecular complexity index is 576. The smallest absolute Gasteiger partial charge is 0.193 e. The molecule has 0 spiro atoms. The third-order valence-electron chi connectivity index (χ3n) is 4.96. The molecule has 0 bridgehead atoms. The third kappa shape index (κ3) is 6.88. The number of hydrogen-bond acceptors (Lipinski definition) is 5. The standard InChI is InChI=1S/C18H32N6O2.HI/c1-19-18(20-5-3-4-6-23-7-10-25-11-8-23)24-9-12-26-17(15-24)16-13-21-22(2)14-16;/h13-14,17H,3-12,15H2,1-2H3,(H,19,20);1H. The van der Waals surface area contributed by atoms with Crippen LogP contribution in [-0.4, -0.2) is 91.7 Å². The van der Waals surface area contributed by atoms with E-state index >= 15 is 0 Å². The number of ether oxygens (including phenoxy) is 2. The van der Waals surface area contributed by atoms with Crippen molar-refractivity contribution in [1.29, 1.82) is 0 Å². The fourth-order valence-corrected chi connectivity index (χ4v) is 3.47.